The van der Waals surface area contributed by atoms with Crippen molar-refractivity contribution in [2.24, 2.45) is 0 Å². The third-order valence-electron chi connectivity index (χ3n) is 7.67. The molecule has 1 aliphatic carbocycles. The largest absolute Gasteiger partial charge is 0.457 e. The lowest BCUT2D eigenvalue weighted by molar-refractivity contribution is -0.384. The van der Waals surface area contributed by atoms with Crippen molar-refractivity contribution in [2.75, 3.05) is 0 Å². The van der Waals surface area contributed by atoms with Gasteiger partial charge in [-0.25, -0.2) is 14.6 Å². The third-order valence-corrected chi connectivity index (χ3v) is 7.67. The first kappa shape index (κ1) is 26.1. The second kappa shape index (κ2) is 10.5. The van der Waals surface area contributed by atoms with Gasteiger partial charge in [0.05, 0.1) is 21.7 Å². The van der Waals surface area contributed by atoms with Crippen LogP contribution in [0.3, 0.4) is 0 Å². The Hall–Kier alpha value is -5.11. The highest BCUT2D eigenvalue weighted by molar-refractivity contribution is 6.06. The van der Waals surface area contributed by atoms with Crippen molar-refractivity contribution in [1.29, 1.82) is 0 Å². The summed E-state index contributed by atoms with van der Waals surface area (Å²) < 4.78 is 11.3. The first-order chi connectivity index (χ1) is 19.8. The van der Waals surface area contributed by atoms with E-state index in [-0.39, 0.29) is 12.3 Å². The number of carbonyl (C=O) groups is 1. The molecule has 0 radical (unpaired) electrons. The van der Waals surface area contributed by atoms with Gasteiger partial charge < -0.3 is 9.15 Å². The number of aromatic nitrogens is 1. The van der Waals surface area contributed by atoms with Gasteiger partial charge in [-0.2, -0.15) is 0 Å². The Bertz CT molecular complexity index is 1970. The molecule has 0 saturated heterocycles. The van der Waals surface area contributed by atoms with Crippen LogP contribution in [0.1, 0.15) is 56.7 Å². The topological polar surface area (TPSA) is 113 Å². The fourth-order valence-corrected chi connectivity index (χ4v) is 5.50. The predicted molar refractivity (Wildman–Crippen MR) is 157 cm³/mol. The molecule has 8 nitrogen and oxygen atoms in total. The average molecular weight is 547 g/mol. The number of nitro benzene ring substituents is 1. The molecular formula is C33H26N2O6. The molecule has 1 aliphatic rings. The summed E-state index contributed by atoms with van der Waals surface area (Å²) in [4.78, 5) is 41.9. The van der Waals surface area contributed by atoms with E-state index >= 15 is 0 Å². The Kier molecular flexibility index (Phi) is 6.67. The number of allylic oxidation sites excluding steroid dienone is 1. The number of non-ortho nitro benzene ring substituents is 1. The summed E-state index contributed by atoms with van der Waals surface area (Å²) in [6.07, 6.45) is 4.05. The van der Waals surface area contributed by atoms with Gasteiger partial charge in [0.25, 0.3) is 5.69 Å². The van der Waals surface area contributed by atoms with Crippen molar-refractivity contribution in [3.05, 3.63) is 126 Å². The van der Waals surface area contributed by atoms with Crippen LogP contribution in [0.5, 0.6) is 0 Å². The second-order valence-corrected chi connectivity index (χ2v) is 10.3. The minimum Gasteiger partial charge on any atom is -0.457 e. The number of rotatable bonds is 5. The summed E-state index contributed by atoms with van der Waals surface area (Å²) in [5, 5.41) is 12.7. The van der Waals surface area contributed by atoms with Gasteiger partial charge in [-0.3, -0.25) is 10.1 Å². The maximum Gasteiger partial charge on any atom is 0.339 e. The molecule has 0 unspecified atom stereocenters. The first-order valence-corrected chi connectivity index (χ1v) is 13.4. The van der Waals surface area contributed by atoms with E-state index in [1.807, 2.05) is 62.4 Å². The first-order valence-electron chi connectivity index (χ1n) is 13.4. The highest BCUT2D eigenvalue weighted by Crippen LogP contribution is 2.37. The summed E-state index contributed by atoms with van der Waals surface area (Å²) in [6.45, 7) is 3.75. The van der Waals surface area contributed by atoms with Gasteiger partial charge in [-0.05, 0) is 73.1 Å². The average Bonchev–Trinajstić information content (AvgIpc) is 2.97. The Morgan fingerprint density at radius 3 is 2.71 bits per heavy atom. The molecule has 0 bridgehead atoms. The van der Waals surface area contributed by atoms with E-state index < -0.39 is 16.5 Å². The monoisotopic (exact) mass is 546 g/mol. The Morgan fingerprint density at radius 2 is 1.88 bits per heavy atom. The van der Waals surface area contributed by atoms with Crippen LogP contribution in [-0.4, -0.2) is 15.9 Å². The lowest BCUT2D eigenvalue weighted by Gasteiger charge is -2.22. The van der Waals surface area contributed by atoms with Crippen LogP contribution in [0.4, 0.5) is 5.69 Å². The standard InChI is InChI=1S/C33H26N2O6/c1-19-13-14-25-23(17-29(36)41-32(25)20(19)2)18-40-33(37)30-26-10-3-4-12-28(26)34-31-22(8-6-11-27(30)31)15-21-7-5-9-24(16-21)35(38)39/h3-5,7,9-10,12-17H,6,8,11,18H2,1-2H3/b22-15+. The number of ether oxygens (including phenoxy) is 1. The number of nitrogens with zero attached hydrogens (tertiary/aromatic N) is 2. The number of aryl methyl sites for hydroxylation is 2. The summed E-state index contributed by atoms with van der Waals surface area (Å²) in [6, 6.07) is 19.1. The maximum absolute atomic E-state index is 13.8. The molecule has 6 rings (SSSR count). The van der Waals surface area contributed by atoms with E-state index in [4.69, 9.17) is 14.1 Å². The fourth-order valence-electron chi connectivity index (χ4n) is 5.50. The molecule has 0 spiro atoms. The molecule has 3 aromatic carbocycles. The molecule has 0 saturated carbocycles. The fraction of sp³-hybridized carbons (Fsp3) is 0.182. The minimum atomic E-state index is -0.500. The number of benzene rings is 3. The second-order valence-electron chi connectivity index (χ2n) is 10.3. The number of fused-ring (bicyclic) bond motifs is 3. The number of hydrogen-bond acceptors (Lipinski definition) is 7. The number of pyridine rings is 1. The molecule has 0 amide bonds. The molecule has 5 aromatic rings. The normalized spacial score (nSPS) is 13.9. The van der Waals surface area contributed by atoms with Crippen LogP contribution >= 0.6 is 0 Å². The van der Waals surface area contributed by atoms with Crippen LogP contribution in [0.2, 0.25) is 0 Å². The summed E-state index contributed by atoms with van der Waals surface area (Å²) >= 11 is 0. The minimum absolute atomic E-state index is 0.0129. The number of nitro groups is 1. The van der Waals surface area contributed by atoms with E-state index in [0.717, 1.165) is 40.5 Å². The summed E-state index contributed by atoms with van der Waals surface area (Å²) in [5.74, 6) is -0.498. The van der Waals surface area contributed by atoms with Gasteiger partial charge in [0, 0.05) is 34.5 Å². The van der Waals surface area contributed by atoms with E-state index in [0.29, 0.717) is 45.3 Å². The van der Waals surface area contributed by atoms with Crippen LogP contribution in [0.25, 0.3) is 33.5 Å². The predicted octanol–water partition coefficient (Wildman–Crippen LogP) is 7.10. The molecule has 41 heavy (non-hydrogen) atoms. The van der Waals surface area contributed by atoms with Gasteiger partial charge in [-0.1, -0.05) is 42.5 Å². The Morgan fingerprint density at radius 1 is 1.05 bits per heavy atom. The quantitative estimate of drug-likeness (QED) is 0.1000. The molecule has 2 aromatic heterocycles. The van der Waals surface area contributed by atoms with Crippen molar-refractivity contribution < 1.29 is 18.9 Å². The molecule has 0 fully saturated rings. The van der Waals surface area contributed by atoms with Gasteiger partial charge in [0.2, 0.25) is 0 Å². The van der Waals surface area contributed by atoms with Gasteiger partial charge >= 0.3 is 11.6 Å². The zero-order valence-electron chi connectivity index (χ0n) is 22.6. The van der Waals surface area contributed by atoms with Crippen molar-refractivity contribution in [2.45, 2.75) is 39.7 Å². The molecule has 0 N–H and O–H groups in total. The van der Waals surface area contributed by atoms with E-state index in [2.05, 4.69) is 0 Å². The van der Waals surface area contributed by atoms with E-state index in [1.165, 1.54) is 18.2 Å². The zero-order chi connectivity index (χ0) is 28.7. The molecule has 204 valence electrons. The third kappa shape index (κ3) is 4.89. The lowest BCUT2D eigenvalue weighted by Crippen LogP contribution is -2.16. The number of hydrogen-bond donors (Lipinski definition) is 0. The molecular weight excluding hydrogens is 520 g/mol. The van der Waals surface area contributed by atoms with Crippen molar-refractivity contribution in [3.8, 4) is 0 Å². The molecule has 0 aliphatic heterocycles. The van der Waals surface area contributed by atoms with Gasteiger partial charge in [0.1, 0.15) is 12.2 Å². The van der Waals surface area contributed by atoms with E-state index in [9.17, 15) is 19.7 Å². The molecule has 2 heterocycles. The highest BCUT2D eigenvalue weighted by Gasteiger charge is 2.26. The van der Waals surface area contributed by atoms with Crippen LogP contribution in [-0.2, 0) is 17.8 Å². The summed E-state index contributed by atoms with van der Waals surface area (Å²) in [5.41, 5.74) is 6.65. The Labute approximate surface area is 235 Å². The number of carbonyl (C=O) groups excluding carboxylic acids is 1. The van der Waals surface area contributed by atoms with Crippen molar-refractivity contribution >= 4 is 45.2 Å². The lowest BCUT2D eigenvalue weighted by atomic mass is 9.86. The van der Waals surface area contributed by atoms with Crippen LogP contribution in [0, 0.1) is 24.0 Å². The Balaban J connectivity index is 1.42. The highest BCUT2D eigenvalue weighted by atomic mass is 16.6. The summed E-state index contributed by atoms with van der Waals surface area (Å²) in [7, 11) is 0. The van der Waals surface area contributed by atoms with Crippen molar-refractivity contribution in [1.82, 2.24) is 4.98 Å². The number of para-hydroxylation sites is 1. The SMILES string of the molecule is Cc1ccc2c(COC(=O)c3c4c(nc5ccccc35)/C(=C/c3cccc([N+](=O)[O-])c3)CCC4)cc(=O)oc2c1C. The maximum atomic E-state index is 13.8. The molecule has 0 atom stereocenters. The zero-order valence-corrected chi connectivity index (χ0v) is 22.6. The van der Waals surface area contributed by atoms with Gasteiger partial charge in [-0.15, -0.1) is 0 Å². The number of esters is 1. The van der Waals surface area contributed by atoms with Crippen LogP contribution in [0.15, 0.2) is 75.9 Å². The smallest absolute Gasteiger partial charge is 0.339 e. The van der Waals surface area contributed by atoms with Crippen LogP contribution < -0.4 is 5.63 Å². The van der Waals surface area contributed by atoms with E-state index in [1.54, 1.807) is 6.07 Å². The molecule has 8 heteroatoms. The van der Waals surface area contributed by atoms with Gasteiger partial charge in [0.15, 0.2) is 0 Å². The van der Waals surface area contributed by atoms with Crippen molar-refractivity contribution in [3.63, 3.8) is 0 Å².